The average Bonchev–Trinajstić information content (AvgIpc) is 3.25. The first-order valence-electron chi connectivity index (χ1n) is 6.66. The minimum absolute atomic E-state index is 0.119. The number of nitriles is 1. The number of amides is 1. The molecule has 1 amide bonds. The van der Waals surface area contributed by atoms with Crippen LogP contribution in [0.25, 0.3) is 0 Å². The second kappa shape index (κ2) is 5.76. The first kappa shape index (κ1) is 14.7. The van der Waals surface area contributed by atoms with Gasteiger partial charge in [-0.15, -0.1) is 11.8 Å². The molecular weight excluding hydrogens is 270 g/mol. The summed E-state index contributed by atoms with van der Waals surface area (Å²) in [7, 11) is 0. The number of nitrogen functional groups attached to an aromatic ring is 1. The third-order valence-electron chi connectivity index (χ3n) is 3.67. The molecule has 1 aliphatic rings. The molecule has 0 bridgehead atoms. The van der Waals surface area contributed by atoms with Crippen molar-refractivity contribution in [3.05, 3.63) is 23.8 Å². The van der Waals surface area contributed by atoms with Gasteiger partial charge in [0.15, 0.2) is 0 Å². The molecule has 1 aromatic rings. The summed E-state index contributed by atoms with van der Waals surface area (Å²) >= 11 is 1.41. The van der Waals surface area contributed by atoms with Crippen molar-refractivity contribution in [3.8, 4) is 6.07 Å². The van der Waals surface area contributed by atoms with Gasteiger partial charge in [-0.05, 0) is 44.2 Å². The smallest absolute Gasteiger partial charge is 0.231 e. The lowest BCUT2D eigenvalue weighted by Gasteiger charge is -2.22. The Morgan fingerprint density at radius 2 is 2.30 bits per heavy atom. The average molecular weight is 289 g/mol. The highest BCUT2D eigenvalue weighted by Crippen LogP contribution is 2.39. The highest BCUT2D eigenvalue weighted by Gasteiger charge is 2.42. The highest BCUT2D eigenvalue weighted by atomic mass is 32.2. The molecule has 106 valence electrons. The normalized spacial score (nSPS) is 17.1. The number of carbonyl (C=O) groups excluding carboxylic acids is 1. The Kier molecular flexibility index (Phi) is 4.24. The lowest BCUT2D eigenvalue weighted by molar-refractivity contribution is -0.119. The van der Waals surface area contributed by atoms with Gasteiger partial charge in [0.2, 0.25) is 5.91 Å². The van der Waals surface area contributed by atoms with Crippen LogP contribution in [0.1, 0.15) is 25.3 Å². The van der Waals surface area contributed by atoms with E-state index < -0.39 is 5.54 Å². The molecule has 1 atom stereocenters. The van der Waals surface area contributed by atoms with Gasteiger partial charge in [0, 0.05) is 10.6 Å². The number of para-hydroxylation sites is 1. The predicted octanol–water partition coefficient (Wildman–Crippen LogP) is 2.48. The van der Waals surface area contributed by atoms with Crippen LogP contribution in [0.15, 0.2) is 23.1 Å². The van der Waals surface area contributed by atoms with E-state index in [-0.39, 0.29) is 11.7 Å². The fourth-order valence-electron chi connectivity index (χ4n) is 2.13. The number of aryl methyl sites for hydroxylation is 1. The molecule has 4 nitrogen and oxygen atoms in total. The Labute approximate surface area is 123 Å². The van der Waals surface area contributed by atoms with Gasteiger partial charge in [-0.2, -0.15) is 5.26 Å². The Balaban J connectivity index is 1.92. The van der Waals surface area contributed by atoms with Crippen LogP contribution < -0.4 is 11.1 Å². The summed E-state index contributed by atoms with van der Waals surface area (Å²) in [5, 5.41) is 12.1. The van der Waals surface area contributed by atoms with E-state index in [1.165, 1.54) is 11.8 Å². The van der Waals surface area contributed by atoms with Crippen molar-refractivity contribution in [2.45, 2.75) is 37.1 Å². The molecule has 1 aliphatic carbocycles. The molecule has 0 radical (unpaired) electrons. The van der Waals surface area contributed by atoms with Gasteiger partial charge in [-0.25, -0.2) is 0 Å². The zero-order valence-corrected chi connectivity index (χ0v) is 12.6. The van der Waals surface area contributed by atoms with Crippen molar-refractivity contribution in [2.24, 2.45) is 5.92 Å². The minimum Gasteiger partial charge on any atom is -0.398 e. The lowest BCUT2D eigenvalue weighted by Crippen LogP contribution is -2.47. The molecule has 0 spiro atoms. The fraction of sp³-hybridized carbons (Fsp3) is 0.467. The monoisotopic (exact) mass is 289 g/mol. The number of thioether (sulfide) groups is 1. The number of anilines is 1. The van der Waals surface area contributed by atoms with E-state index in [0.717, 1.165) is 29.0 Å². The molecule has 1 unspecified atom stereocenters. The third-order valence-corrected chi connectivity index (χ3v) is 4.74. The summed E-state index contributed by atoms with van der Waals surface area (Å²) in [4.78, 5) is 12.9. The number of rotatable bonds is 5. The van der Waals surface area contributed by atoms with Crippen molar-refractivity contribution >= 4 is 23.4 Å². The summed E-state index contributed by atoms with van der Waals surface area (Å²) < 4.78 is 0. The summed E-state index contributed by atoms with van der Waals surface area (Å²) in [5.41, 5.74) is 6.98. The molecule has 1 saturated carbocycles. The maximum Gasteiger partial charge on any atom is 0.231 e. The SMILES string of the molecule is Cc1cccc(SCC(=O)NC(C)(C#N)C2CC2)c1N. The van der Waals surface area contributed by atoms with E-state index in [2.05, 4.69) is 11.4 Å². The number of nitrogens with zero attached hydrogens (tertiary/aromatic N) is 1. The van der Waals surface area contributed by atoms with E-state index in [1.54, 1.807) is 6.92 Å². The second-order valence-corrected chi connectivity index (χ2v) is 6.43. The zero-order chi connectivity index (χ0) is 14.8. The van der Waals surface area contributed by atoms with E-state index in [0.29, 0.717) is 5.92 Å². The summed E-state index contributed by atoms with van der Waals surface area (Å²) in [6.07, 6.45) is 2.03. The highest BCUT2D eigenvalue weighted by molar-refractivity contribution is 8.00. The van der Waals surface area contributed by atoms with Gasteiger partial charge >= 0.3 is 0 Å². The minimum atomic E-state index is -0.726. The van der Waals surface area contributed by atoms with Crippen LogP contribution >= 0.6 is 11.8 Å². The molecule has 0 aromatic heterocycles. The molecule has 0 heterocycles. The fourth-order valence-corrected chi connectivity index (χ4v) is 2.98. The molecule has 3 N–H and O–H groups in total. The van der Waals surface area contributed by atoms with E-state index in [1.807, 2.05) is 25.1 Å². The quantitative estimate of drug-likeness (QED) is 0.644. The van der Waals surface area contributed by atoms with Gasteiger partial charge < -0.3 is 11.1 Å². The van der Waals surface area contributed by atoms with Crippen LogP contribution in [0.4, 0.5) is 5.69 Å². The van der Waals surface area contributed by atoms with Gasteiger partial charge in [0.05, 0.1) is 11.8 Å². The van der Waals surface area contributed by atoms with Crippen LogP contribution in [0.5, 0.6) is 0 Å². The van der Waals surface area contributed by atoms with Crippen molar-refractivity contribution in [2.75, 3.05) is 11.5 Å². The molecular formula is C15H19N3OS. The van der Waals surface area contributed by atoms with Crippen LogP contribution in [-0.2, 0) is 4.79 Å². The lowest BCUT2D eigenvalue weighted by atomic mass is 9.98. The molecule has 1 fully saturated rings. The molecule has 5 heteroatoms. The van der Waals surface area contributed by atoms with Gasteiger partial charge in [-0.1, -0.05) is 12.1 Å². The summed E-state index contributed by atoms with van der Waals surface area (Å²) in [6.45, 7) is 3.74. The first-order valence-corrected chi connectivity index (χ1v) is 7.65. The number of nitrogens with two attached hydrogens (primary N) is 1. The van der Waals surface area contributed by atoms with Gasteiger partial charge in [0.1, 0.15) is 5.54 Å². The predicted molar refractivity (Wildman–Crippen MR) is 81.2 cm³/mol. The molecule has 1 aromatic carbocycles. The third kappa shape index (κ3) is 3.26. The van der Waals surface area contributed by atoms with E-state index >= 15 is 0 Å². The number of hydrogen-bond acceptors (Lipinski definition) is 4. The van der Waals surface area contributed by atoms with Crippen LogP contribution in [0, 0.1) is 24.2 Å². The van der Waals surface area contributed by atoms with Crippen molar-refractivity contribution in [1.29, 1.82) is 5.26 Å². The standard InChI is InChI=1S/C15H19N3OS/c1-10-4-3-5-12(14(10)17)20-8-13(19)18-15(2,9-16)11-6-7-11/h3-5,11H,6-8,17H2,1-2H3,(H,18,19). The van der Waals surface area contributed by atoms with Crippen molar-refractivity contribution in [3.63, 3.8) is 0 Å². The maximum absolute atomic E-state index is 12.0. The van der Waals surface area contributed by atoms with Gasteiger partial charge in [-0.3, -0.25) is 4.79 Å². The van der Waals surface area contributed by atoms with Crippen molar-refractivity contribution in [1.82, 2.24) is 5.32 Å². The van der Waals surface area contributed by atoms with E-state index in [9.17, 15) is 10.1 Å². The summed E-state index contributed by atoms with van der Waals surface area (Å²) in [5.74, 6) is 0.454. The zero-order valence-electron chi connectivity index (χ0n) is 11.8. The topological polar surface area (TPSA) is 78.9 Å². The molecule has 20 heavy (non-hydrogen) atoms. The Hall–Kier alpha value is -1.67. The molecule has 2 rings (SSSR count). The number of nitrogens with one attached hydrogen (secondary N) is 1. The van der Waals surface area contributed by atoms with Gasteiger partial charge in [0.25, 0.3) is 0 Å². The Morgan fingerprint density at radius 1 is 1.60 bits per heavy atom. The number of hydrogen-bond donors (Lipinski definition) is 2. The number of carbonyl (C=O) groups is 1. The van der Waals surface area contributed by atoms with Crippen LogP contribution in [0.2, 0.25) is 0 Å². The Bertz CT molecular complexity index is 563. The molecule has 0 saturated heterocycles. The molecule has 0 aliphatic heterocycles. The second-order valence-electron chi connectivity index (χ2n) is 5.41. The number of benzene rings is 1. The van der Waals surface area contributed by atoms with E-state index in [4.69, 9.17) is 5.73 Å². The maximum atomic E-state index is 12.0. The first-order chi connectivity index (χ1) is 9.46. The van der Waals surface area contributed by atoms with Crippen LogP contribution in [0.3, 0.4) is 0 Å². The Morgan fingerprint density at radius 3 is 2.90 bits per heavy atom. The van der Waals surface area contributed by atoms with Crippen molar-refractivity contribution < 1.29 is 4.79 Å². The largest absolute Gasteiger partial charge is 0.398 e. The van der Waals surface area contributed by atoms with Crippen LogP contribution in [-0.4, -0.2) is 17.2 Å². The summed E-state index contributed by atoms with van der Waals surface area (Å²) in [6, 6.07) is 8.00.